The number of imidazole rings is 1. The number of carboxylic acid groups (broad SMARTS) is 1. The van der Waals surface area contributed by atoms with E-state index in [2.05, 4.69) is 27.8 Å². The number of benzene rings is 1. The molecule has 0 spiro atoms. The van der Waals surface area contributed by atoms with Crippen LogP contribution in [0.25, 0.3) is 5.69 Å². The van der Waals surface area contributed by atoms with Crippen molar-refractivity contribution in [1.82, 2.24) is 9.55 Å². The molecule has 5 heteroatoms. The molecule has 0 fully saturated rings. The van der Waals surface area contributed by atoms with Crippen molar-refractivity contribution in [3.05, 3.63) is 46.5 Å². The Bertz CT molecular complexity index is 578. The third kappa shape index (κ3) is 2.31. The summed E-state index contributed by atoms with van der Waals surface area (Å²) in [5.41, 5.74) is 0.894. The van der Waals surface area contributed by atoms with Gasteiger partial charge < -0.3 is 9.67 Å². The van der Waals surface area contributed by atoms with Gasteiger partial charge >= 0.3 is 5.97 Å². The van der Waals surface area contributed by atoms with E-state index in [0.29, 0.717) is 10.2 Å². The van der Waals surface area contributed by atoms with Gasteiger partial charge in [-0.3, -0.25) is 0 Å². The van der Waals surface area contributed by atoms with E-state index in [9.17, 15) is 9.90 Å². The van der Waals surface area contributed by atoms with Crippen LogP contribution in [-0.2, 0) is 6.42 Å². The molecule has 0 bridgehead atoms. The maximum absolute atomic E-state index is 11.3. The monoisotopic (exact) mass is 308 g/mol. The highest BCUT2D eigenvalue weighted by Gasteiger charge is 2.16. The highest BCUT2D eigenvalue weighted by Crippen LogP contribution is 2.25. The Labute approximate surface area is 113 Å². The maximum atomic E-state index is 11.3. The highest BCUT2D eigenvalue weighted by atomic mass is 79.9. The lowest BCUT2D eigenvalue weighted by Gasteiger charge is -2.11. The van der Waals surface area contributed by atoms with Gasteiger partial charge in [0, 0.05) is 23.3 Å². The molecule has 4 nitrogen and oxygen atoms in total. The van der Waals surface area contributed by atoms with Crippen LogP contribution in [0.3, 0.4) is 0 Å². The van der Waals surface area contributed by atoms with Crippen LogP contribution >= 0.6 is 15.9 Å². The third-order valence-corrected chi connectivity index (χ3v) is 3.32. The molecule has 0 aliphatic rings. The lowest BCUT2D eigenvalue weighted by molar-refractivity contribution is 0.0696. The predicted octanol–water partition coefficient (Wildman–Crippen LogP) is 3.29. The topological polar surface area (TPSA) is 55.1 Å². The smallest absolute Gasteiger partial charge is 0.338 e. The summed E-state index contributed by atoms with van der Waals surface area (Å²) in [6.45, 7) is 2.07. The molecule has 1 aromatic carbocycles. The molecule has 1 aromatic heterocycles. The second kappa shape index (κ2) is 5.35. The van der Waals surface area contributed by atoms with Crippen LogP contribution in [-0.4, -0.2) is 20.6 Å². The van der Waals surface area contributed by atoms with Crippen LogP contribution in [0.1, 0.15) is 29.5 Å². The summed E-state index contributed by atoms with van der Waals surface area (Å²) in [5, 5.41) is 9.30. The van der Waals surface area contributed by atoms with E-state index in [0.717, 1.165) is 18.7 Å². The predicted molar refractivity (Wildman–Crippen MR) is 72.2 cm³/mol. The minimum absolute atomic E-state index is 0.257. The maximum Gasteiger partial charge on any atom is 0.338 e. The Balaban J connectivity index is 2.60. The molecule has 18 heavy (non-hydrogen) atoms. The Morgan fingerprint density at radius 2 is 2.28 bits per heavy atom. The molecule has 1 heterocycles. The summed E-state index contributed by atoms with van der Waals surface area (Å²) in [4.78, 5) is 15.6. The highest BCUT2D eigenvalue weighted by molar-refractivity contribution is 9.10. The number of aryl methyl sites for hydroxylation is 1. The summed E-state index contributed by atoms with van der Waals surface area (Å²) >= 11 is 3.28. The second-order valence-corrected chi connectivity index (χ2v) is 4.76. The second-order valence-electron chi connectivity index (χ2n) is 3.90. The molecular weight excluding hydrogens is 296 g/mol. The molecule has 0 amide bonds. The normalized spacial score (nSPS) is 10.6. The van der Waals surface area contributed by atoms with Gasteiger partial charge in [0.15, 0.2) is 0 Å². The molecule has 0 aliphatic heterocycles. The number of rotatable bonds is 4. The molecule has 0 radical (unpaired) electrons. The van der Waals surface area contributed by atoms with Crippen molar-refractivity contribution >= 4 is 21.9 Å². The van der Waals surface area contributed by atoms with Gasteiger partial charge in [0.1, 0.15) is 5.82 Å². The first-order valence-electron chi connectivity index (χ1n) is 5.69. The molecule has 2 rings (SSSR count). The van der Waals surface area contributed by atoms with Crippen molar-refractivity contribution in [2.24, 2.45) is 0 Å². The fourth-order valence-electron chi connectivity index (χ4n) is 1.89. The van der Waals surface area contributed by atoms with Crippen LogP contribution in [0.5, 0.6) is 0 Å². The van der Waals surface area contributed by atoms with Crippen molar-refractivity contribution in [2.75, 3.05) is 0 Å². The van der Waals surface area contributed by atoms with Crippen LogP contribution in [0, 0.1) is 0 Å². The van der Waals surface area contributed by atoms with Gasteiger partial charge in [0.2, 0.25) is 0 Å². The zero-order chi connectivity index (χ0) is 13.1. The van der Waals surface area contributed by atoms with Crippen molar-refractivity contribution in [3.8, 4) is 5.69 Å². The number of aromatic carboxylic acids is 1. The lowest BCUT2D eigenvalue weighted by Crippen LogP contribution is -2.08. The van der Waals surface area contributed by atoms with Crippen LogP contribution < -0.4 is 0 Å². The Morgan fingerprint density at radius 3 is 2.94 bits per heavy atom. The number of hydrogen-bond donors (Lipinski definition) is 1. The van der Waals surface area contributed by atoms with E-state index < -0.39 is 5.97 Å². The Morgan fingerprint density at radius 1 is 1.50 bits per heavy atom. The van der Waals surface area contributed by atoms with E-state index in [-0.39, 0.29) is 5.56 Å². The zero-order valence-corrected chi connectivity index (χ0v) is 11.5. The molecule has 94 valence electrons. The standard InChI is InChI=1S/C13H13BrN2O2/c1-2-4-11-15-7-8-16(11)10-6-3-5-9(14)12(10)13(17)18/h3,5-8H,2,4H2,1H3,(H,17,18). The summed E-state index contributed by atoms with van der Waals surface area (Å²) < 4.78 is 2.40. The van der Waals surface area contributed by atoms with Gasteiger partial charge in [-0.05, 0) is 34.5 Å². The minimum atomic E-state index is -0.950. The van der Waals surface area contributed by atoms with E-state index >= 15 is 0 Å². The zero-order valence-electron chi connectivity index (χ0n) is 9.93. The molecular formula is C13H13BrN2O2. The first-order valence-corrected chi connectivity index (χ1v) is 6.48. The lowest BCUT2D eigenvalue weighted by atomic mass is 10.1. The number of nitrogens with zero attached hydrogens (tertiary/aromatic N) is 2. The fourth-order valence-corrected chi connectivity index (χ4v) is 2.41. The van der Waals surface area contributed by atoms with Gasteiger partial charge in [0.25, 0.3) is 0 Å². The first kappa shape index (κ1) is 12.8. The number of aromatic nitrogens is 2. The summed E-state index contributed by atoms with van der Waals surface area (Å²) in [6, 6.07) is 5.33. The molecule has 0 aliphatic carbocycles. The Hall–Kier alpha value is -1.62. The number of carbonyl (C=O) groups is 1. The van der Waals surface area contributed by atoms with E-state index in [1.807, 2.05) is 10.6 Å². The van der Waals surface area contributed by atoms with Crippen LogP contribution in [0.15, 0.2) is 35.1 Å². The Kier molecular flexibility index (Phi) is 3.81. The van der Waals surface area contributed by atoms with Gasteiger partial charge in [-0.15, -0.1) is 0 Å². The molecule has 1 N–H and O–H groups in total. The van der Waals surface area contributed by atoms with E-state index in [1.54, 1.807) is 24.5 Å². The summed E-state index contributed by atoms with van der Waals surface area (Å²) in [6.07, 6.45) is 5.27. The van der Waals surface area contributed by atoms with Crippen molar-refractivity contribution in [1.29, 1.82) is 0 Å². The summed E-state index contributed by atoms with van der Waals surface area (Å²) in [7, 11) is 0. The molecule has 2 aromatic rings. The van der Waals surface area contributed by atoms with Gasteiger partial charge in [-0.1, -0.05) is 13.0 Å². The SMILES string of the molecule is CCCc1nccn1-c1cccc(Br)c1C(=O)O. The number of hydrogen-bond acceptors (Lipinski definition) is 2. The average Bonchev–Trinajstić information content (AvgIpc) is 2.76. The average molecular weight is 309 g/mol. The summed E-state index contributed by atoms with van der Waals surface area (Å²) in [5.74, 6) is -0.0771. The number of carboxylic acids is 1. The first-order chi connectivity index (χ1) is 8.65. The van der Waals surface area contributed by atoms with E-state index in [1.165, 1.54) is 0 Å². The third-order valence-electron chi connectivity index (χ3n) is 2.66. The minimum Gasteiger partial charge on any atom is -0.478 e. The molecule has 0 saturated heterocycles. The van der Waals surface area contributed by atoms with Gasteiger partial charge in [-0.2, -0.15) is 0 Å². The van der Waals surface area contributed by atoms with Crippen molar-refractivity contribution < 1.29 is 9.90 Å². The quantitative estimate of drug-likeness (QED) is 0.943. The van der Waals surface area contributed by atoms with Gasteiger partial charge in [-0.25, -0.2) is 9.78 Å². The number of halogens is 1. The van der Waals surface area contributed by atoms with Crippen molar-refractivity contribution in [2.45, 2.75) is 19.8 Å². The van der Waals surface area contributed by atoms with Crippen molar-refractivity contribution in [3.63, 3.8) is 0 Å². The fraction of sp³-hybridized carbons (Fsp3) is 0.231. The van der Waals surface area contributed by atoms with Gasteiger partial charge in [0.05, 0.1) is 11.3 Å². The molecule has 0 unspecified atom stereocenters. The van der Waals surface area contributed by atoms with Crippen LogP contribution in [0.2, 0.25) is 0 Å². The van der Waals surface area contributed by atoms with E-state index in [4.69, 9.17) is 0 Å². The van der Waals surface area contributed by atoms with Crippen LogP contribution in [0.4, 0.5) is 0 Å². The largest absolute Gasteiger partial charge is 0.478 e. The molecule has 0 saturated carbocycles. The molecule has 0 atom stereocenters.